The number of hydrogen-bond acceptors (Lipinski definition) is 2. The van der Waals surface area contributed by atoms with Gasteiger partial charge in [-0.15, -0.1) is 0 Å². The number of para-hydroxylation sites is 2. The average Bonchev–Trinajstić information content (AvgIpc) is 3.22. The normalized spacial score (nSPS) is 14.9. The highest BCUT2D eigenvalue weighted by molar-refractivity contribution is 5.76. The van der Waals surface area contributed by atoms with Crippen molar-refractivity contribution in [2.24, 2.45) is 0 Å². The molecule has 4 aromatic rings. The Hall–Kier alpha value is -3.18. The third-order valence-electron chi connectivity index (χ3n) is 7.86. The van der Waals surface area contributed by atoms with E-state index in [-0.39, 0.29) is 17.5 Å². The highest BCUT2D eigenvalue weighted by Crippen LogP contribution is 2.26. The van der Waals surface area contributed by atoms with Crippen LogP contribution in [0.15, 0.2) is 83.7 Å². The number of fused-ring (bicyclic) bond motifs is 1. The number of likely N-dealkylation sites (tertiary alicyclic amines) is 1. The molecule has 0 bridgehead atoms. The maximum Gasteiger partial charge on any atom is 0.329 e. The molecular formula is C32H38FN3O. The Labute approximate surface area is 219 Å². The van der Waals surface area contributed by atoms with Crippen molar-refractivity contribution in [2.75, 3.05) is 19.6 Å². The molecule has 1 saturated heterocycles. The molecule has 0 amide bonds. The van der Waals surface area contributed by atoms with E-state index < -0.39 is 0 Å². The highest BCUT2D eigenvalue weighted by Gasteiger charge is 2.25. The summed E-state index contributed by atoms with van der Waals surface area (Å²) in [5.41, 5.74) is 4.34. The Balaban J connectivity index is 1.16. The zero-order chi connectivity index (χ0) is 25.5. The summed E-state index contributed by atoms with van der Waals surface area (Å²) in [5, 5.41) is 0. The van der Waals surface area contributed by atoms with Gasteiger partial charge in [-0.1, -0.05) is 60.7 Å². The molecule has 0 radical (unpaired) electrons. The fourth-order valence-electron chi connectivity index (χ4n) is 5.80. The van der Waals surface area contributed by atoms with Crippen LogP contribution < -0.4 is 5.69 Å². The maximum absolute atomic E-state index is 13.9. The van der Waals surface area contributed by atoms with Crippen LogP contribution in [0.5, 0.6) is 0 Å². The molecule has 194 valence electrons. The summed E-state index contributed by atoms with van der Waals surface area (Å²) in [6.45, 7) is 3.90. The maximum atomic E-state index is 13.9. The van der Waals surface area contributed by atoms with Crippen LogP contribution >= 0.6 is 0 Å². The third-order valence-corrected chi connectivity index (χ3v) is 7.86. The number of benzene rings is 3. The summed E-state index contributed by atoms with van der Waals surface area (Å²) in [6.07, 6.45) is 8.01. The first-order chi connectivity index (χ1) is 18.2. The van der Waals surface area contributed by atoms with Crippen molar-refractivity contribution in [2.45, 2.75) is 64.0 Å². The zero-order valence-electron chi connectivity index (χ0n) is 21.7. The number of aryl methyl sites for hydroxylation is 3. The average molecular weight is 500 g/mol. The molecule has 1 aliphatic heterocycles. The van der Waals surface area contributed by atoms with Gasteiger partial charge in [0, 0.05) is 25.7 Å². The molecule has 0 N–H and O–H groups in total. The lowest BCUT2D eigenvalue weighted by molar-refractivity contribution is 0.183. The number of rotatable bonds is 11. The summed E-state index contributed by atoms with van der Waals surface area (Å²) in [6, 6.07) is 26.1. The Morgan fingerprint density at radius 1 is 0.703 bits per heavy atom. The van der Waals surface area contributed by atoms with Gasteiger partial charge >= 0.3 is 5.69 Å². The number of imidazole rings is 1. The van der Waals surface area contributed by atoms with E-state index in [1.165, 1.54) is 24.5 Å². The molecule has 5 rings (SSSR count). The third kappa shape index (κ3) is 6.22. The van der Waals surface area contributed by atoms with E-state index in [9.17, 15) is 9.18 Å². The van der Waals surface area contributed by atoms with Crippen LogP contribution in [0.4, 0.5) is 4.39 Å². The van der Waals surface area contributed by atoms with Gasteiger partial charge in [-0.3, -0.25) is 9.13 Å². The summed E-state index contributed by atoms with van der Waals surface area (Å²) in [5.74, 6) is -0.140. The fraction of sp³-hybridized carbons (Fsp3) is 0.406. The molecule has 1 fully saturated rings. The van der Waals surface area contributed by atoms with Crippen LogP contribution in [0.1, 0.15) is 55.7 Å². The van der Waals surface area contributed by atoms with Gasteiger partial charge in [0.2, 0.25) is 0 Å². The van der Waals surface area contributed by atoms with Crippen LogP contribution in [-0.2, 0) is 19.4 Å². The summed E-state index contributed by atoms with van der Waals surface area (Å²) in [7, 11) is 0. The minimum absolute atomic E-state index is 0.105. The van der Waals surface area contributed by atoms with E-state index in [1.54, 1.807) is 6.07 Å². The fourth-order valence-corrected chi connectivity index (χ4v) is 5.80. The predicted octanol–water partition coefficient (Wildman–Crippen LogP) is 6.62. The summed E-state index contributed by atoms with van der Waals surface area (Å²) >= 11 is 0. The van der Waals surface area contributed by atoms with Crippen molar-refractivity contribution in [1.29, 1.82) is 0 Å². The van der Waals surface area contributed by atoms with E-state index >= 15 is 0 Å². The molecule has 0 saturated carbocycles. The zero-order valence-corrected chi connectivity index (χ0v) is 21.7. The number of nitrogens with zero attached hydrogens (tertiary/aromatic N) is 3. The van der Waals surface area contributed by atoms with Gasteiger partial charge in [-0.25, -0.2) is 9.18 Å². The number of aromatic nitrogens is 2. The lowest BCUT2D eigenvalue weighted by atomic mass is 10.0. The molecule has 3 aromatic carbocycles. The van der Waals surface area contributed by atoms with Crippen molar-refractivity contribution in [3.63, 3.8) is 0 Å². The van der Waals surface area contributed by atoms with Gasteiger partial charge in [0.05, 0.1) is 11.0 Å². The minimum Gasteiger partial charge on any atom is -0.303 e. The molecule has 37 heavy (non-hydrogen) atoms. The summed E-state index contributed by atoms with van der Waals surface area (Å²) in [4.78, 5) is 16.1. The molecule has 1 aliphatic rings. The first-order valence-corrected chi connectivity index (χ1v) is 13.9. The number of halogens is 1. The second kappa shape index (κ2) is 12.4. The molecule has 2 heterocycles. The molecule has 5 heteroatoms. The Kier molecular flexibility index (Phi) is 8.52. The minimum atomic E-state index is -0.140. The van der Waals surface area contributed by atoms with Crippen molar-refractivity contribution in [1.82, 2.24) is 14.0 Å². The number of hydrogen-bond donors (Lipinski definition) is 0. The highest BCUT2D eigenvalue weighted by atomic mass is 19.1. The van der Waals surface area contributed by atoms with Gasteiger partial charge in [0.25, 0.3) is 0 Å². The molecule has 0 unspecified atom stereocenters. The van der Waals surface area contributed by atoms with E-state index in [0.29, 0.717) is 13.0 Å². The number of unbranched alkanes of at least 4 members (excludes halogenated alkanes) is 2. The largest absolute Gasteiger partial charge is 0.329 e. The quantitative estimate of drug-likeness (QED) is 0.217. The standard InChI is InChI=1S/C32H38FN3O/c33-29-17-5-4-15-27(29)16-9-11-23-35-30-18-6-7-19-31(30)36(32(35)37)28-20-24-34(25-21-28)22-10-8-14-26-12-2-1-3-13-26/h1-7,12-13,15,17-19,28H,8-11,14,16,20-25H2. The second-order valence-electron chi connectivity index (χ2n) is 10.4. The van der Waals surface area contributed by atoms with Crippen LogP contribution in [0.3, 0.4) is 0 Å². The van der Waals surface area contributed by atoms with Crippen LogP contribution in [0, 0.1) is 5.82 Å². The Bertz CT molecular complexity index is 1340. The van der Waals surface area contributed by atoms with Crippen molar-refractivity contribution in [3.05, 3.63) is 106 Å². The van der Waals surface area contributed by atoms with E-state index in [0.717, 1.165) is 68.3 Å². The van der Waals surface area contributed by atoms with Crippen molar-refractivity contribution < 1.29 is 4.39 Å². The van der Waals surface area contributed by atoms with E-state index in [2.05, 4.69) is 51.9 Å². The second-order valence-corrected chi connectivity index (χ2v) is 10.4. The number of piperidine rings is 1. The van der Waals surface area contributed by atoms with Gasteiger partial charge in [0.15, 0.2) is 0 Å². The van der Waals surface area contributed by atoms with Crippen molar-refractivity contribution >= 4 is 11.0 Å². The monoisotopic (exact) mass is 499 g/mol. The molecule has 4 nitrogen and oxygen atoms in total. The van der Waals surface area contributed by atoms with E-state index in [4.69, 9.17) is 0 Å². The van der Waals surface area contributed by atoms with Gasteiger partial charge in [-0.2, -0.15) is 0 Å². The topological polar surface area (TPSA) is 30.2 Å². The van der Waals surface area contributed by atoms with Crippen LogP contribution in [0.2, 0.25) is 0 Å². The van der Waals surface area contributed by atoms with Crippen LogP contribution in [-0.4, -0.2) is 33.7 Å². The van der Waals surface area contributed by atoms with E-state index in [1.807, 2.05) is 28.8 Å². The Morgan fingerprint density at radius 2 is 1.35 bits per heavy atom. The SMILES string of the molecule is O=c1n(CCCCc2ccccc2F)c2ccccc2n1C1CCN(CCCCc2ccccc2)CC1. The lowest BCUT2D eigenvalue weighted by Gasteiger charge is -2.32. The molecule has 1 aromatic heterocycles. The smallest absolute Gasteiger partial charge is 0.303 e. The van der Waals surface area contributed by atoms with Gasteiger partial charge in [0.1, 0.15) is 5.82 Å². The summed E-state index contributed by atoms with van der Waals surface area (Å²) < 4.78 is 17.9. The van der Waals surface area contributed by atoms with Gasteiger partial charge < -0.3 is 4.90 Å². The first kappa shape index (κ1) is 25.5. The molecular weight excluding hydrogens is 461 g/mol. The van der Waals surface area contributed by atoms with Gasteiger partial charge in [-0.05, 0) is 87.2 Å². The van der Waals surface area contributed by atoms with Crippen molar-refractivity contribution in [3.8, 4) is 0 Å². The molecule has 0 aliphatic carbocycles. The van der Waals surface area contributed by atoms with Crippen LogP contribution in [0.25, 0.3) is 11.0 Å². The molecule has 0 atom stereocenters. The first-order valence-electron chi connectivity index (χ1n) is 13.9. The predicted molar refractivity (Wildman–Crippen MR) is 150 cm³/mol. The lowest BCUT2D eigenvalue weighted by Crippen LogP contribution is -2.38. The molecule has 0 spiro atoms. The Morgan fingerprint density at radius 3 is 2.14 bits per heavy atom.